The molecule has 0 saturated carbocycles. The summed E-state index contributed by atoms with van der Waals surface area (Å²) in [6.07, 6.45) is 1.79. The molecule has 0 aliphatic carbocycles. The highest BCUT2D eigenvalue weighted by Crippen LogP contribution is 2.29. The van der Waals surface area contributed by atoms with Crippen molar-refractivity contribution < 1.29 is 14.3 Å². The second-order valence-electron chi connectivity index (χ2n) is 5.04. The minimum absolute atomic E-state index is 0.190. The van der Waals surface area contributed by atoms with Crippen molar-refractivity contribution in [2.75, 3.05) is 11.9 Å². The number of halogens is 1. The number of nitrogens with one attached hydrogen (secondary N) is 1. The summed E-state index contributed by atoms with van der Waals surface area (Å²) in [5.41, 5.74) is 7.42. The zero-order chi connectivity index (χ0) is 16.4. The smallest absolute Gasteiger partial charge is 0.255 e. The van der Waals surface area contributed by atoms with E-state index in [0.29, 0.717) is 16.8 Å². The van der Waals surface area contributed by atoms with Crippen LogP contribution in [0.3, 0.4) is 0 Å². The average Bonchev–Trinajstić information content (AvgIpc) is 2.54. The summed E-state index contributed by atoms with van der Waals surface area (Å²) in [5, 5.41) is 2.75. The van der Waals surface area contributed by atoms with Gasteiger partial charge in [0.15, 0.2) is 0 Å². The monoisotopic (exact) mass is 372 g/mol. The SMILES string of the molecule is NC(=O)c1cccc(NC(=O)C2=Cc3cc(Br)ccc3OC2)c1. The van der Waals surface area contributed by atoms with Crippen molar-refractivity contribution in [1.29, 1.82) is 0 Å². The van der Waals surface area contributed by atoms with Crippen molar-refractivity contribution in [2.24, 2.45) is 5.73 Å². The van der Waals surface area contributed by atoms with Gasteiger partial charge < -0.3 is 15.8 Å². The first-order chi connectivity index (χ1) is 11.0. The lowest BCUT2D eigenvalue weighted by Gasteiger charge is -2.18. The van der Waals surface area contributed by atoms with E-state index in [1.807, 2.05) is 18.2 Å². The molecule has 2 aromatic rings. The number of benzene rings is 2. The third-order valence-electron chi connectivity index (χ3n) is 3.38. The molecule has 0 fully saturated rings. The molecule has 23 heavy (non-hydrogen) atoms. The van der Waals surface area contributed by atoms with E-state index in [1.54, 1.807) is 24.3 Å². The number of ether oxygens (including phenoxy) is 1. The molecule has 0 unspecified atom stereocenters. The molecule has 3 N–H and O–H groups in total. The number of hydrogen-bond acceptors (Lipinski definition) is 3. The lowest BCUT2D eigenvalue weighted by atomic mass is 10.1. The van der Waals surface area contributed by atoms with Gasteiger partial charge in [-0.2, -0.15) is 0 Å². The molecule has 0 spiro atoms. The van der Waals surface area contributed by atoms with E-state index in [2.05, 4.69) is 21.2 Å². The van der Waals surface area contributed by atoms with Gasteiger partial charge in [-0.25, -0.2) is 0 Å². The fraction of sp³-hybridized carbons (Fsp3) is 0.0588. The first-order valence-corrected chi connectivity index (χ1v) is 7.66. The fourth-order valence-corrected chi connectivity index (χ4v) is 2.62. The van der Waals surface area contributed by atoms with Gasteiger partial charge in [0.05, 0.1) is 5.57 Å². The Kier molecular flexibility index (Phi) is 4.16. The molecule has 1 aliphatic rings. The topological polar surface area (TPSA) is 81.4 Å². The molecule has 0 saturated heterocycles. The van der Waals surface area contributed by atoms with E-state index in [4.69, 9.17) is 10.5 Å². The average molecular weight is 373 g/mol. The quantitative estimate of drug-likeness (QED) is 0.868. The molecule has 5 nitrogen and oxygen atoms in total. The van der Waals surface area contributed by atoms with E-state index >= 15 is 0 Å². The van der Waals surface area contributed by atoms with Crippen molar-refractivity contribution in [3.63, 3.8) is 0 Å². The Hall–Kier alpha value is -2.60. The molecule has 0 bridgehead atoms. The fourth-order valence-electron chi connectivity index (χ4n) is 2.24. The standard InChI is InChI=1S/C17H13BrN2O3/c18-13-4-5-15-11(7-13)6-12(9-23-15)17(22)20-14-3-1-2-10(8-14)16(19)21/h1-8H,9H2,(H2,19,21)(H,20,22). The number of hydrogen-bond donors (Lipinski definition) is 2. The van der Waals surface area contributed by atoms with Crippen LogP contribution in [-0.4, -0.2) is 18.4 Å². The molecule has 2 aromatic carbocycles. The predicted molar refractivity (Wildman–Crippen MR) is 91.2 cm³/mol. The summed E-state index contributed by atoms with van der Waals surface area (Å²) in [5.74, 6) is -0.0854. The number of anilines is 1. The zero-order valence-electron chi connectivity index (χ0n) is 12.0. The van der Waals surface area contributed by atoms with Crippen LogP contribution < -0.4 is 15.8 Å². The van der Waals surface area contributed by atoms with Gasteiger partial charge in [-0.3, -0.25) is 9.59 Å². The third kappa shape index (κ3) is 3.43. The van der Waals surface area contributed by atoms with Gasteiger partial charge in [-0.05, 0) is 42.5 Å². The molecular weight excluding hydrogens is 360 g/mol. The molecule has 1 heterocycles. The molecule has 3 rings (SSSR count). The van der Waals surface area contributed by atoms with Crippen molar-refractivity contribution in [3.05, 3.63) is 63.6 Å². The van der Waals surface area contributed by atoms with Crippen LogP contribution in [-0.2, 0) is 4.79 Å². The number of amides is 2. The minimum Gasteiger partial charge on any atom is -0.488 e. The predicted octanol–water partition coefficient (Wildman–Crippen LogP) is 2.96. The number of fused-ring (bicyclic) bond motifs is 1. The van der Waals surface area contributed by atoms with Crippen molar-refractivity contribution >= 4 is 39.5 Å². The Bertz CT molecular complexity index is 830. The van der Waals surface area contributed by atoms with E-state index < -0.39 is 5.91 Å². The van der Waals surface area contributed by atoms with Crippen molar-refractivity contribution in [1.82, 2.24) is 0 Å². The maximum absolute atomic E-state index is 12.4. The van der Waals surface area contributed by atoms with Crippen LogP contribution in [0.25, 0.3) is 6.08 Å². The van der Waals surface area contributed by atoms with Gasteiger partial charge in [-0.15, -0.1) is 0 Å². The van der Waals surface area contributed by atoms with Gasteiger partial charge in [0.1, 0.15) is 12.4 Å². The highest BCUT2D eigenvalue weighted by Gasteiger charge is 2.17. The highest BCUT2D eigenvalue weighted by molar-refractivity contribution is 9.10. The van der Waals surface area contributed by atoms with Gasteiger partial charge in [0.25, 0.3) is 5.91 Å². The van der Waals surface area contributed by atoms with Gasteiger partial charge in [0, 0.05) is 21.3 Å². The maximum Gasteiger partial charge on any atom is 0.255 e. The summed E-state index contributed by atoms with van der Waals surface area (Å²) in [4.78, 5) is 23.5. The number of carbonyl (C=O) groups excluding carboxylic acids is 2. The van der Waals surface area contributed by atoms with Gasteiger partial charge >= 0.3 is 0 Å². The summed E-state index contributed by atoms with van der Waals surface area (Å²) < 4.78 is 6.50. The van der Waals surface area contributed by atoms with Crippen LogP contribution in [0.4, 0.5) is 5.69 Å². The van der Waals surface area contributed by atoms with Crippen LogP contribution >= 0.6 is 15.9 Å². The van der Waals surface area contributed by atoms with Crippen LogP contribution in [0.15, 0.2) is 52.5 Å². The van der Waals surface area contributed by atoms with Crippen LogP contribution in [0.1, 0.15) is 15.9 Å². The summed E-state index contributed by atoms with van der Waals surface area (Å²) in [6, 6.07) is 12.1. The van der Waals surface area contributed by atoms with E-state index in [1.165, 1.54) is 6.07 Å². The Balaban J connectivity index is 1.81. The number of nitrogens with two attached hydrogens (primary N) is 1. The molecule has 116 valence electrons. The van der Waals surface area contributed by atoms with Crippen LogP contribution in [0.5, 0.6) is 5.75 Å². The van der Waals surface area contributed by atoms with Gasteiger partial charge in [-0.1, -0.05) is 22.0 Å². The number of rotatable bonds is 3. The molecular formula is C17H13BrN2O3. The normalized spacial score (nSPS) is 12.7. The maximum atomic E-state index is 12.4. The largest absolute Gasteiger partial charge is 0.488 e. The van der Waals surface area contributed by atoms with Crippen molar-refractivity contribution in [2.45, 2.75) is 0 Å². The number of primary amides is 1. The van der Waals surface area contributed by atoms with Gasteiger partial charge in [0.2, 0.25) is 5.91 Å². The Morgan fingerprint density at radius 3 is 2.78 bits per heavy atom. The Labute approximate surface area is 141 Å². The first kappa shape index (κ1) is 15.3. The van der Waals surface area contributed by atoms with Crippen LogP contribution in [0.2, 0.25) is 0 Å². The molecule has 6 heteroatoms. The summed E-state index contributed by atoms with van der Waals surface area (Å²) >= 11 is 3.39. The van der Waals surface area contributed by atoms with Crippen molar-refractivity contribution in [3.8, 4) is 5.75 Å². The third-order valence-corrected chi connectivity index (χ3v) is 3.87. The molecule has 0 radical (unpaired) electrons. The van der Waals surface area contributed by atoms with Crippen LogP contribution in [0, 0.1) is 0 Å². The summed E-state index contributed by atoms with van der Waals surface area (Å²) in [7, 11) is 0. The lowest BCUT2D eigenvalue weighted by molar-refractivity contribution is -0.113. The second-order valence-corrected chi connectivity index (χ2v) is 5.96. The zero-order valence-corrected chi connectivity index (χ0v) is 13.6. The Morgan fingerprint density at radius 2 is 2.00 bits per heavy atom. The first-order valence-electron chi connectivity index (χ1n) is 6.87. The number of carbonyl (C=O) groups is 2. The summed E-state index contributed by atoms with van der Waals surface area (Å²) in [6.45, 7) is 0.190. The van der Waals surface area contributed by atoms with E-state index in [9.17, 15) is 9.59 Å². The molecule has 1 aliphatic heterocycles. The van der Waals surface area contributed by atoms with E-state index in [0.717, 1.165) is 15.8 Å². The molecule has 2 amide bonds. The van der Waals surface area contributed by atoms with E-state index in [-0.39, 0.29) is 12.5 Å². The minimum atomic E-state index is -0.542. The second kappa shape index (κ2) is 6.26. The Morgan fingerprint density at radius 1 is 1.17 bits per heavy atom. The highest BCUT2D eigenvalue weighted by atomic mass is 79.9. The molecule has 0 aromatic heterocycles. The lowest BCUT2D eigenvalue weighted by Crippen LogP contribution is -2.21. The molecule has 0 atom stereocenters.